The normalized spacial score (nSPS) is 14.6. The predicted molar refractivity (Wildman–Crippen MR) is 115 cm³/mol. The van der Waals surface area contributed by atoms with Gasteiger partial charge in [-0.15, -0.1) is 0 Å². The zero-order chi connectivity index (χ0) is 20.2. The average molecular weight is 387 g/mol. The van der Waals surface area contributed by atoms with E-state index in [4.69, 9.17) is 10.5 Å². The second-order valence-corrected chi connectivity index (χ2v) is 7.43. The topological polar surface area (TPSA) is 68.5 Å². The summed E-state index contributed by atoms with van der Waals surface area (Å²) in [6.45, 7) is 3.46. The first-order chi connectivity index (χ1) is 14.1. The van der Waals surface area contributed by atoms with Crippen molar-refractivity contribution < 1.29 is 9.53 Å². The number of carbonyl (C=O) groups excluding carboxylic acids is 1. The molecule has 1 saturated heterocycles. The highest BCUT2D eigenvalue weighted by Crippen LogP contribution is 2.24. The van der Waals surface area contributed by atoms with Gasteiger partial charge in [0, 0.05) is 48.9 Å². The Hall–Kier alpha value is -3.34. The molecule has 1 amide bonds. The van der Waals surface area contributed by atoms with Crippen molar-refractivity contribution in [1.82, 2.24) is 9.88 Å². The van der Waals surface area contributed by atoms with Crippen LogP contribution < -0.4 is 10.5 Å². The van der Waals surface area contributed by atoms with Gasteiger partial charge in [-0.05, 0) is 42.8 Å². The quantitative estimate of drug-likeness (QED) is 0.724. The highest BCUT2D eigenvalue weighted by atomic mass is 16.5. The first-order valence-electron chi connectivity index (χ1n) is 9.94. The van der Waals surface area contributed by atoms with Crippen molar-refractivity contribution in [3.63, 3.8) is 0 Å². The van der Waals surface area contributed by atoms with Crippen LogP contribution in [0.2, 0.25) is 0 Å². The summed E-state index contributed by atoms with van der Waals surface area (Å²) < 4.78 is 6.14. The van der Waals surface area contributed by atoms with Gasteiger partial charge in [0.15, 0.2) is 0 Å². The van der Waals surface area contributed by atoms with E-state index in [1.54, 1.807) is 12.3 Å². The fraction of sp³-hybridized carbons (Fsp3) is 0.250. The Morgan fingerprint density at radius 2 is 1.79 bits per heavy atom. The number of para-hydroxylation sites is 1. The summed E-state index contributed by atoms with van der Waals surface area (Å²) in [5, 5.41) is 0. The number of benzene rings is 2. The molecule has 2 aromatic carbocycles. The molecule has 5 heteroatoms. The van der Waals surface area contributed by atoms with E-state index in [9.17, 15) is 4.79 Å². The van der Waals surface area contributed by atoms with Crippen molar-refractivity contribution in [1.29, 1.82) is 0 Å². The van der Waals surface area contributed by atoms with Crippen LogP contribution in [0.3, 0.4) is 0 Å². The number of rotatable bonds is 4. The minimum atomic E-state index is 0.0615. The van der Waals surface area contributed by atoms with Gasteiger partial charge in [-0.2, -0.15) is 0 Å². The summed E-state index contributed by atoms with van der Waals surface area (Å²) in [7, 11) is 0. The van der Waals surface area contributed by atoms with E-state index in [2.05, 4.69) is 18.0 Å². The largest absolute Gasteiger partial charge is 0.490 e. The summed E-state index contributed by atoms with van der Waals surface area (Å²) in [6, 6.07) is 19.2. The summed E-state index contributed by atoms with van der Waals surface area (Å²) in [5.41, 5.74) is 10.1. The third kappa shape index (κ3) is 4.40. The first-order valence-corrected chi connectivity index (χ1v) is 9.94. The van der Waals surface area contributed by atoms with Gasteiger partial charge in [0.25, 0.3) is 5.91 Å². The Morgan fingerprint density at radius 1 is 1.07 bits per heavy atom. The van der Waals surface area contributed by atoms with Gasteiger partial charge < -0.3 is 15.4 Å². The zero-order valence-corrected chi connectivity index (χ0v) is 16.5. The van der Waals surface area contributed by atoms with Crippen LogP contribution in [-0.4, -0.2) is 35.0 Å². The van der Waals surface area contributed by atoms with Gasteiger partial charge in [0.05, 0.1) is 5.69 Å². The Kier molecular flexibility index (Phi) is 5.47. The van der Waals surface area contributed by atoms with E-state index in [1.165, 1.54) is 0 Å². The predicted octanol–water partition coefficient (Wildman–Crippen LogP) is 4.32. The molecular weight excluding hydrogens is 362 g/mol. The van der Waals surface area contributed by atoms with Crippen LogP contribution in [0, 0.1) is 6.92 Å². The van der Waals surface area contributed by atoms with Crippen molar-refractivity contribution in [3.8, 4) is 17.0 Å². The molecule has 0 saturated carbocycles. The van der Waals surface area contributed by atoms with Gasteiger partial charge >= 0.3 is 0 Å². The summed E-state index contributed by atoms with van der Waals surface area (Å²) in [5.74, 6) is 0.995. The number of nitrogens with zero attached hydrogens (tertiary/aromatic N) is 2. The Bertz CT molecular complexity index is 993. The molecule has 3 aromatic rings. The molecule has 0 unspecified atom stereocenters. The summed E-state index contributed by atoms with van der Waals surface area (Å²) >= 11 is 0. The number of aromatic nitrogens is 1. The van der Waals surface area contributed by atoms with E-state index in [1.807, 2.05) is 53.4 Å². The molecule has 1 aliphatic heterocycles. The van der Waals surface area contributed by atoms with Crippen molar-refractivity contribution in [2.75, 3.05) is 18.8 Å². The van der Waals surface area contributed by atoms with Gasteiger partial charge in [-0.25, -0.2) is 0 Å². The number of hydrogen-bond acceptors (Lipinski definition) is 4. The molecule has 1 aliphatic rings. The van der Waals surface area contributed by atoms with Gasteiger partial charge in [-0.3, -0.25) is 9.78 Å². The molecule has 148 valence electrons. The number of likely N-dealkylation sites (tertiary alicyclic amines) is 1. The molecule has 0 spiro atoms. The molecule has 0 radical (unpaired) electrons. The highest BCUT2D eigenvalue weighted by molar-refractivity contribution is 5.94. The number of aryl methyl sites for hydroxylation is 1. The van der Waals surface area contributed by atoms with Gasteiger partial charge in [-0.1, -0.05) is 30.3 Å². The Labute approximate surface area is 171 Å². The number of pyridine rings is 1. The number of nitrogens with two attached hydrogens (primary N) is 1. The molecule has 5 nitrogen and oxygen atoms in total. The van der Waals surface area contributed by atoms with Crippen molar-refractivity contribution >= 4 is 11.6 Å². The number of ether oxygens (including phenoxy) is 1. The maximum Gasteiger partial charge on any atom is 0.253 e. The van der Waals surface area contributed by atoms with E-state index in [0.717, 1.165) is 35.4 Å². The zero-order valence-electron chi connectivity index (χ0n) is 16.5. The third-order valence-corrected chi connectivity index (χ3v) is 5.33. The molecule has 1 fully saturated rings. The van der Waals surface area contributed by atoms with Crippen LogP contribution in [0.5, 0.6) is 5.75 Å². The number of nitrogen functional groups attached to an aromatic ring is 1. The van der Waals surface area contributed by atoms with Crippen LogP contribution >= 0.6 is 0 Å². The molecule has 0 aliphatic carbocycles. The lowest BCUT2D eigenvalue weighted by atomic mass is 10.0. The smallest absolute Gasteiger partial charge is 0.253 e. The van der Waals surface area contributed by atoms with Crippen LogP contribution in [0.4, 0.5) is 5.69 Å². The monoisotopic (exact) mass is 387 g/mol. The van der Waals surface area contributed by atoms with Crippen LogP contribution in [-0.2, 0) is 0 Å². The van der Waals surface area contributed by atoms with Crippen LogP contribution in [0.25, 0.3) is 11.3 Å². The lowest BCUT2D eigenvalue weighted by Gasteiger charge is -2.32. The Morgan fingerprint density at radius 3 is 2.48 bits per heavy atom. The minimum Gasteiger partial charge on any atom is -0.490 e. The molecule has 4 rings (SSSR count). The third-order valence-electron chi connectivity index (χ3n) is 5.33. The molecule has 2 heterocycles. The number of anilines is 1. The molecule has 2 N–H and O–H groups in total. The number of amides is 1. The highest BCUT2D eigenvalue weighted by Gasteiger charge is 2.25. The maximum atomic E-state index is 12.9. The second-order valence-electron chi connectivity index (χ2n) is 7.43. The van der Waals surface area contributed by atoms with Crippen molar-refractivity contribution in [2.45, 2.75) is 25.9 Å². The van der Waals surface area contributed by atoms with Gasteiger partial charge in [0.1, 0.15) is 11.9 Å². The summed E-state index contributed by atoms with van der Waals surface area (Å²) in [4.78, 5) is 19.1. The van der Waals surface area contributed by atoms with Crippen molar-refractivity contribution in [3.05, 3.63) is 78.0 Å². The first kappa shape index (κ1) is 19.0. The van der Waals surface area contributed by atoms with E-state index in [-0.39, 0.29) is 12.0 Å². The van der Waals surface area contributed by atoms with E-state index >= 15 is 0 Å². The maximum absolute atomic E-state index is 12.9. The molecule has 29 heavy (non-hydrogen) atoms. The lowest BCUT2D eigenvalue weighted by Crippen LogP contribution is -2.41. The number of piperidine rings is 1. The minimum absolute atomic E-state index is 0.0615. The van der Waals surface area contributed by atoms with Crippen LogP contribution in [0.15, 0.2) is 66.9 Å². The average Bonchev–Trinajstić information content (AvgIpc) is 2.75. The van der Waals surface area contributed by atoms with E-state index in [0.29, 0.717) is 24.3 Å². The fourth-order valence-corrected chi connectivity index (χ4v) is 3.62. The van der Waals surface area contributed by atoms with Gasteiger partial charge in [0.2, 0.25) is 0 Å². The van der Waals surface area contributed by atoms with Crippen molar-refractivity contribution in [2.24, 2.45) is 0 Å². The molecule has 0 atom stereocenters. The standard InChI is InChI=1S/C24H25N3O2/c1-17-4-2-3-5-23(17)29-21-11-14-27(15-12-21)24(28)19-8-6-18(7-9-19)22-16-20(25)10-13-26-22/h2-10,13,16,21H,11-12,14-15H2,1H3,(H2,25,26). The summed E-state index contributed by atoms with van der Waals surface area (Å²) in [6.07, 6.45) is 3.51. The molecular formula is C24H25N3O2. The molecule has 0 bridgehead atoms. The number of hydrogen-bond donors (Lipinski definition) is 1. The SMILES string of the molecule is Cc1ccccc1OC1CCN(C(=O)c2ccc(-c3cc(N)ccn3)cc2)CC1. The second kappa shape index (κ2) is 8.35. The fourth-order valence-electron chi connectivity index (χ4n) is 3.62. The Balaban J connectivity index is 1.36. The van der Waals surface area contributed by atoms with E-state index < -0.39 is 0 Å². The molecule has 1 aromatic heterocycles. The number of carbonyl (C=O) groups is 1. The van der Waals surface area contributed by atoms with Crippen LogP contribution in [0.1, 0.15) is 28.8 Å². The lowest BCUT2D eigenvalue weighted by molar-refractivity contribution is 0.0594.